The number of nitrogens with zero attached hydrogens (tertiary/aromatic N) is 1. The molecule has 1 unspecified atom stereocenters. The number of hydrogen-bond donors (Lipinski definition) is 1. The van der Waals surface area contributed by atoms with Gasteiger partial charge in [0.05, 0.1) is 12.5 Å². The van der Waals surface area contributed by atoms with E-state index in [1.54, 1.807) is 7.05 Å². The van der Waals surface area contributed by atoms with Crippen molar-refractivity contribution in [3.63, 3.8) is 0 Å². The molecule has 0 aromatic carbocycles. The molecule has 1 aliphatic rings. The van der Waals surface area contributed by atoms with E-state index in [-0.39, 0.29) is 17.9 Å². The van der Waals surface area contributed by atoms with Crippen molar-refractivity contribution >= 4 is 11.8 Å². The number of likely N-dealkylation sites (N-methyl/N-ethyl adjacent to an activating group) is 1. The van der Waals surface area contributed by atoms with Gasteiger partial charge in [0.2, 0.25) is 11.8 Å². The fourth-order valence-electron chi connectivity index (χ4n) is 1.74. The molecule has 1 rings (SSSR count). The van der Waals surface area contributed by atoms with E-state index in [0.29, 0.717) is 6.42 Å². The molecule has 86 valence electrons. The van der Waals surface area contributed by atoms with Crippen LogP contribution in [0.2, 0.25) is 0 Å². The van der Waals surface area contributed by atoms with E-state index in [4.69, 9.17) is 0 Å². The zero-order chi connectivity index (χ0) is 11.3. The minimum Gasteiger partial charge on any atom is -0.305 e. The Labute approximate surface area is 91.0 Å². The highest BCUT2D eigenvalue weighted by molar-refractivity contribution is 6.05. The number of amides is 2. The summed E-state index contributed by atoms with van der Waals surface area (Å²) in [5.74, 6) is -0.165. The Morgan fingerprint density at radius 2 is 2.07 bits per heavy atom. The first-order chi connectivity index (χ1) is 7.16. The molecular weight excluding hydrogens is 192 g/mol. The van der Waals surface area contributed by atoms with Crippen molar-refractivity contribution < 1.29 is 9.59 Å². The van der Waals surface area contributed by atoms with Gasteiger partial charge in [0.25, 0.3) is 0 Å². The average Bonchev–Trinajstić information content (AvgIpc) is 2.46. The number of imide groups is 1. The molecule has 0 aliphatic carbocycles. The van der Waals surface area contributed by atoms with Crippen LogP contribution in [0, 0.1) is 0 Å². The molecule has 4 heteroatoms. The SMILES string of the molecule is CCCCCCNC1CC(=O)N(C)C1=O. The molecule has 0 saturated carbocycles. The maximum Gasteiger partial charge on any atom is 0.246 e. The molecular formula is C11H20N2O2. The first-order valence-corrected chi connectivity index (χ1v) is 5.70. The van der Waals surface area contributed by atoms with E-state index in [1.807, 2.05) is 0 Å². The average molecular weight is 212 g/mol. The third-order valence-electron chi connectivity index (χ3n) is 2.80. The van der Waals surface area contributed by atoms with Gasteiger partial charge in [-0.3, -0.25) is 14.5 Å². The van der Waals surface area contributed by atoms with Gasteiger partial charge in [0.1, 0.15) is 0 Å². The Morgan fingerprint density at radius 3 is 2.60 bits per heavy atom. The smallest absolute Gasteiger partial charge is 0.246 e. The lowest BCUT2D eigenvalue weighted by molar-refractivity contribution is -0.137. The highest BCUT2D eigenvalue weighted by Gasteiger charge is 2.35. The van der Waals surface area contributed by atoms with Gasteiger partial charge in [-0.1, -0.05) is 26.2 Å². The highest BCUT2D eigenvalue weighted by atomic mass is 16.2. The van der Waals surface area contributed by atoms with Crippen LogP contribution in [0.1, 0.15) is 39.0 Å². The van der Waals surface area contributed by atoms with Crippen molar-refractivity contribution in [3.8, 4) is 0 Å². The standard InChI is InChI=1S/C11H20N2O2/c1-3-4-5-6-7-12-9-8-10(14)13(2)11(9)15/h9,12H,3-8H2,1-2H3. The van der Waals surface area contributed by atoms with Crippen molar-refractivity contribution in [2.45, 2.75) is 45.1 Å². The van der Waals surface area contributed by atoms with E-state index in [1.165, 1.54) is 24.2 Å². The number of hydrogen-bond acceptors (Lipinski definition) is 3. The first-order valence-electron chi connectivity index (χ1n) is 5.70. The van der Waals surface area contributed by atoms with Crippen LogP contribution >= 0.6 is 0 Å². The van der Waals surface area contributed by atoms with Gasteiger partial charge in [-0.05, 0) is 13.0 Å². The van der Waals surface area contributed by atoms with Gasteiger partial charge >= 0.3 is 0 Å². The van der Waals surface area contributed by atoms with E-state index in [0.717, 1.165) is 13.0 Å². The van der Waals surface area contributed by atoms with E-state index >= 15 is 0 Å². The molecule has 1 aliphatic heterocycles. The van der Waals surface area contributed by atoms with Crippen LogP contribution in [-0.4, -0.2) is 36.3 Å². The molecule has 4 nitrogen and oxygen atoms in total. The summed E-state index contributed by atoms with van der Waals surface area (Å²) < 4.78 is 0. The van der Waals surface area contributed by atoms with Crippen LogP contribution in [0.4, 0.5) is 0 Å². The lowest BCUT2D eigenvalue weighted by atomic mass is 10.2. The monoisotopic (exact) mass is 212 g/mol. The number of likely N-dealkylation sites (tertiary alicyclic amines) is 1. The number of rotatable bonds is 6. The quantitative estimate of drug-likeness (QED) is 0.526. The predicted molar refractivity (Wildman–Crippen MR) is 58.3 cm³/mol. The minimum atomic E-state index is -0.274. The van der Waals surface area contributed by atoms with E-state index < -0.39 is 0 Å². The second-order valence-corrected chi connectivity index (χ2v) is 4.06. The van der Waals surface area contributed by atoms with Gasteiger partial charge in [-0.2, -0.15) is 0 Å². The van der Waals surface area contributed by atoms with Crippen LogP contribution in [0.25, 0.3) is 0 Å². The van der Waals surface area contributed by atoms with Gasteiger partial charge in [-0.25, -0.2) is 0 Å². The summed E-state index contributed by atoms with van der Waals surface area (Å²) in [6.07, 6.45) is 5.04. The molecule has 1 fully saturated rings. The molecule has 0 radical (unpaired) electrons. The Morgan fingerprint density at radius 1 is 1.33 bits per heavy atom. The topological polar surface area (TPSA) is 49.4 Å². The Balaban J connectivity index is 2.17. The van der Waals surface area contributed by atoms with E-state index in [9.17, 15) is 9.59 Å². The summed E-state index contributed by atoms with van der Waals surface area (Å²) in [7, 11) is 1.55. The summed E-state index contributed by atoms with van der Waals surface area (Å²) in [6.45, 7) is 3.00. The number of nitrogens with one attached hydrogen (secondary N) is 1. The van der Waals surface area contributed by atoms with Crippen LogP contribution in [0.5, 0.6) is 0 Å². The fourth-order valence-corrected chi connectivity index (χ4v) is 1.74. The van der Waals surface area contributed by atoms with Crippen LogP contribution < -0.4 is 5.32 Å². The van der Waals surface area contributed by atoms with Crippen LogP contribution in [0.15, 0.2) is 0 Å². The van der Waals surface area contributed by atoms with Crippen molar-refractivity contribution in [3.05, 3.63) is 0 Å². The van der Waals surface area contributed by atoms with Crippen molar-refractivity contribution in [1.82, 2.24) is 10.2 Å². The molecule has 0 spiro atoms. The summed E-state index contributed by atoms with van der Waals surface area (Å²) in [4.78, 5) is 23.9. The molecule has 0 aromatic rings. The second kappa shape index (κ2) is 5.85. The summed E-state index contributed by atoms with van der Waals surface area (Å²) in [5, 5.41) is 3.14. The highest BCUT2D eigenvalue weighted by Crippen LogP contribution is 2.10. The van der Waals surface area contributed by atoms with Gasteiger partial charge in [0, 0.05) is 7.05 Å². The zero-order valence-electron chi connectivity index (χ0n) is 9.58. The maximum absolute atomic E-state index is 11.5. The largest absolute Gasteiger partial charge is 0.305 e. The number of unbranched alkanes of at least 4 members (excludes halogenated alkanes) is 3. The third kappa shape index (κ3) is 3.30. The summed E-state index contributed by atoms with van der Waals surface area (Å²) in [5.41, 5.74) is 0. The minimum absolute atomic E-state index is 0.0777. The molecule has 0 aromatic heterocycles. The Hall–Kier alpha value is -0.900. The molecule has 1 N–H and O–H groups in total. The zero-order valence-corrected chi connectivity index (χ0v) is 9.58. The molecule has 1 heterocycles. The Bertz CT molecular complexity index is 241. The molecule has 1 saturated heterocycles. The van der Waals surface area contributed by atoms with Gasteiger partial charge in [-0.15, -0.1) is 0 Å². The molecule has 2 amide bonds. The Kier molecular flexibility index (Phi) is 4.75. The third-order valence-corrected chi connectivity index (χ3v) is 2.80. The number of carbonyl (C=O) groups is 2. The molecule has 15 heavy (non-hydrogen) atoms. The number of carbonyl (C=O) groups excluding carboxylic acids is 2. The van der Waals surface area contributed by atoms with Gasteiger partial charge < -0.3 is 5.32 Å². The summed E-state index contributed by atoms with van der Waals surface area (Å²) in [6, 6.07) is -0.274. The molecule has 1 atom stereocenters. The normalized spacial score (nSPS) is 21.5. The van der Waals surface area contributed by atoms with Gasteiger partial charge in [0.15, 0.2) is 0 Å². The molecule has 0 bridgehead atoms. The maximum atomic E-state index is 11.5. The van der Waals surface area contributed by atoms with Crippen molar-refractivity contribution in [2.75, 3.05) is 13.6 Å². The van der Waals surface area contributed by atoms with Crippen molar-refractivity contribution in [1.29, 1.82) is 0 Å². The fraction of sp³-hybridized carbons (Fsp3) is 0.818. The van der Waals surface area contributed by atoms with Crippen LogP contribution in [0.3, 0.4) is 0 Å². The predicted octanol–water partition coefficient (Wildman–Crippen LogP) is 0.914. The second-order valence-electron chi connectivity index (χ2n) is 4.06. The van der Waals surface area contributed by atoms with Crippen molar-refractivity contribution in [2.24, 2.45) is 0 Å². The lowest BCUT2D eigenvalue weighted by Crippen LogP contribution is -2.37. The first kappa shape index (κ1) is 12.2. The lowest BCUT2D eigenvalue weighted by Gasteiger charge is -2.10. The van der Waals surface area contributed by atoms with Crippen LogP contribution in [-0.2, 0) is 9.59 Å². The summed E-state index contributed by atoms with van der Waals surface area (Å²) >= 11 is 0. The van der Waals surface area contributed by atoms with E-state index in [2.05, 4.69) is 12.2 Å².